The van der Waals surface area contributed by atoms with Crippen LogP contribution in [-0.2, 0) is 9.53 Å². The summed E-state index contributed by atoms with van der Waals surface area (Å²) >= 11 is 0. The van der Waals surface area contributed by atoms with Crippen LogP contribution in [0.4, 0.5) is 0 Å². The lowest BCUT2D eigenvalue weighted by atomic mass is 9.72. The van der Waals surface area contributed by atoms with Crippen molar-refractivity contribution in [3.63, 3.8) is 0 Å². The molecule has 5 heteroatoms. The molecule has 0 saturated carbocycles. The fraction of sp³-hybridized carbons (Fsp3) is 0.652. The number of hydrogen-bond donors (Lipinski definition) is 0. The van der Waals surface area contributed by atoms with E-state index < -0.39 is 0 Å². The first-order valence-electron chi connectivity index (χ1n) is 10.7. The molecule has 152 valence electrons. The predicted molar refractivity (Wildman–Crippen MR) is 108 cm³/mol. The van der Waals surface area contributed by atoms with Gasteiger partial charge < -0.3 is 14.5 Å². The molecule has 1 aromatic rings. The molecule has 28 heavy (non-hydrogen) atoms. The maximum absolute atomic E-state index is 12.9. The maximum atomic E-state index is 12.9. The van der Waals surface area contributed by atoms with Gasteiger partial charge in [-0.05, 0) is 74.6 Å². The third-order valence-electron chi connectivity index (χ3n) is 7.06. The van der Waals surface area contributed by atoms with E-state index in [0.29, 0.717) is 6.42 Å². The first-order chi connectivity index (χ1) is 13.5. The molecule has 1 spiro atoms. The van der Waals surface area contributed by atoms with Crippen molar-refractivity contribution in [1.29, 1.82) is 0 Å². The minimum absolute atomic E-state index is 0.140. The number of hydrogen-bond acceptors (Lipinski definition) is 3. The molecule has 1 atom stereocenters. The van der Waals surface area contributed by atoms with Crippen molar-refractivity contribution in [3.05, 3.63) is 34.9 Å². The standard InChI is InChI=1S/C23H32N2O3/c1-17-5-6-19(14-18(17)2)22(27)24-11-9-23(10-12-24)8-7-21(26)25(16-23)15-20-4-3-13-28-20/h5-6,14,20H,3-4,7-13,15-16H2,1-2H3. The summed E-state index contributed by atoms with van der Waals surface area (Å²) in [5.41, 5.74) is 3.34. The van der Waals surface area contributed by atoms with Gasteiger partial charge >= 0.3 is 0 Å². The zero-order valence-corrected chi connectivity index (χ0v) is 17.2. The zero-order valence-electron chi connectivity index (χ0n) is 17.2. The van der Waals surface area contributed by atoms with Crippen LogP contribution in [0, 0.1) is 19.3 Å². The Morgan fingerprint density at radius 2 is 1.96 bits per heavy atom. The van der Waals surface area contributed by atoms with Gasteiger partial charge in [0.15, 0.2) is 0 Å². The summed E-state index contributed by atoms with van der Waals surface area (Å²) in [6, 6.07) is 5.98. The summed E-state index contributed by atoms with van der Waals surface area (Å²) in [5, 5.41) is 0. The Hall–Kier alpha value is -1.88. The molecule has 0 radical (unpaired) electrons. The van der Waals surface area contributed by atoms with Gasteiger partial charge in [-0.15, -0.1) is 0 Å². The molecule has 0 aliphatic carbocycles. The highest BCUT2D eigenvalue weighted by Gasteiger charge is 2.42. The molecule has 3 aliphatic rings. The Balaban J connectivity index is 1.37. The van der Waals surface area contributed by atoms with E-state index >= 15 is 0 Å². The topological polar surface area (TPSA) is 49.9 Å². The van der Waals surface area contributed by atoms with Crippen LogP contribution < -0.4 is 0 Å². The normalized spacial score (nSPS) is 24.8. The molecule has 3 saturated heterocycles. The van der Waals surface area contributed by atoms with Crippen molar-refractivity contribution in [2.24, 2.45) is 5.41 Å². The van der Waals surface area contributed by atoms with E-state index in [1.165, 1.54) is 5.56 Å². The Kier molecular flexibility index (Phi) is 5.46. The number of likely N-dealkylation sites (tertiary alicyclic amines) is 2. The molecule has 4 rings (SSSR count). The van der Waals surface area contributed by atoms with Crippen LogP contribution in [0.1, 0.15) is 60.0 Å². The third-order valence-corrected chi connectivity index (χ3v) is 7.06. The Morgan fingerprint density at radius 1 is 1.18 bits per heavy atom. The van der Waals surface area contributed by atoms with Crippen LogP contribution in [0.3, 0.4) is 0 Å². The minimum atomic E-state index is 0.140. The van der Waals surface area contributed by atoms with E-state index in [2.05, 4.69) is 13.8 Å². The molecule has 3 fully saturated rings. The third kappa shape index (κ3) is 3.95. The van der Waals surface area contributed by atoms with E-state index in [0.717, 1.165) is 76.0 Å². The second-order valence-electron chi connectivity index (χ2n) is 9.00. The van der Waals surface area contributed by atoms with E-state index in [1.807, 2.05) is 28.0 Å². The average Bonchev–Trinajstić information content (AvgIpc) is 3.20. The second kappa shape index (κ2) is 7.86. The quantitative estimate of drug-likeness (QED) is 0.803. The fourth-order valence-electron chi connectivity index (χ4n) is 4.95. The van der Waals surface area contributed by atoms with Crippen molar-refractivity contribution in [2.75, 3.05) is 32.8 Å². The number of benzene rings is 1. The van der Waals surface area contributed by atoms with Gasteiger partial charge in [0.1, 0.15) is 0 Å². The Labute approximate surface area is 168 Å². The van der Waals surface area contributed by atoms with E-state index in [4.69, 9.17) is 4.74 Å². The summed E-state index contributed by atoms with van der Waals surface area (Å²) in [5.74, 6) is 0.413. The molecule has 5 nitrogen and oxygen atoms in total. The van der Waals surface area contributed by atoms with Crippen molar-refractivity contribution in [2.45, 2.75) is 58.5 Å². The molecular formula is C23H32N2O3. The molecule has 2 amide bonds. The van der Waals surface area contributed by atoms with Crippen LogP contribution in [0.15, 0.2) is 18.2 Å². The van der Waals surface area contributed by atoms with Gasteiger partial charge in [0.25, 0.3) is 5.91 Å². The number of ether oxygens (including phenoxy) is 1. The number of carbonyl (C=O) groups is 2. The summed E-state index contributed by atoms with van der Waals surface area (Å²) in [6.45, 7) is 8.10. The number of nitrogens with zero attached hydrogens (tertiary/aromatic N) is 2. The molecular weight excluding hydrogens is 352 g/mol. The van der Waals surface area contributed by atoms with E-state index in [1.54, 1.807) is 0 Å². The zero-order chi connectivity index (χ0) is 19.7. The van der Waals surface area contributed by atoms with Crippen molar-refractivity contribution in [3.8, 4) is 0 Å². The van der Waals surface area contributed by atoms with Crippen LogP contribution in [0.2, 0.25) is 0 Å². The highest BCUT2D eigenvalue weighted by atomic mass is 16.5. The van der Waals surface area contributed by atoms with E-state index in [-0.39, 0.29) is 23.3 Å². The number of rotatable bonds is 3. The van der Waals surface area contributed by atoms with Crippen molar-refractivity contribution >= 4 is 11.8 Å². The second-order valence-corrected chi connectivity index (χ2v) is 9.00. The lowest BCUT2D eigenvalue weighted by Crippen LogP contribution is -2.53. The van der Waals surface area contributed by atoms with E-state index in [9.17, 15) is 9.59 Å². The van der Waals surface area contributed by atoms with Crippen molar-refractivity contribution in [1.82, 2.24) is 9.80 Å². The summed E-state index contributed by atoms with van der Waals surface area (Å²) in [6.07, 6.45) is 5.95. The summed E-state index contributed by atoms with van der Waals surface area (Å²) in [7, 11) is 0. The van der Waals surface area contributed by atoms with Crippen LogP contribution in [0.25, 0.3) is 0 Å². The first-order valence-corrected chi connectivity index (χ1v) is 10.7. The summed E-state index contributed by atoms with van der Waals surface area (Å²) in [4.78, 5) is 29.4. The van der Waals surface area contributed by atoms with Gasteiger partial charge in [0.2, 0.25) is 5.91 Å². The first kappa shape index (κ1) is 19.4. The number of aryl methyl sites for hydroxylation is 2. The fourth-order valence-corrected chi connectivity index (χ4v) is 4.95. The molecule has 3 aliphatic heterocycles. The number of amides is 2. The molecule has 3 heterocycles. The highest BCUT2D eigenvalue weighted by Crippen LogP contribution is 2.40. The number of piperidine rings is 2. The van der Waals surface area contributed by atoms with Crippen molar-refractivity contribution < 1.29 is 14.3 Å². The van der Waals surface area contributed by atoms with Gasteiger partial charge in [-0.3, -0.25) is 9.59 Å². The largest absolute Gasteiger partial charge is 0.376 e. The molecule has 1 aromatic carbocycles. The van der Waals surface area contributed by atoms with Gasteiger partial charge in [-0.1, -0.05) is 6.07 Å². The van der Waals surface area contributed by atoms with Crippen LogP contribution in [-0.4, -0.2) is 60.5 Å². The highest BCUT2D eigenvalue weighted by molar-refractivity contribution is 5.94. The minimum Gasteiger partial charge on any atom is -0.376 e. The van der Waals surface area contributed by atoms with Gasteiger partial charge in [-0.2, -0.15) is 0 Å². The average molecular weight is 385 g/mol. The van der Waals surface area contributed by atoms with Crippen LogP contribution in [0.5, 0.6) is 0 Å². The smallest absolute Gasteiger partial charge is 0.253 e. The van der Waals surface area contributed by atoms with Gasteiger partial charge in [-0.25, -0.2) is 0 Å². The summed E-state index contributed by atoms with van der Waals surface area (Å²) < 4.78 is 5.75. The van der Waals surface area contributed by atoms with Gasteiger partial charge in [0.05, 0.1) is 6.10 Å². The lowest BCUT2D eigenvalue weighted by molar-refractivity contribution is -0.141. The predicted octanol–water partition coefficient (Wildman–Crippen LogP) is 3.33. The SMILES string of the molecule is Cc1ccc(C(=O)N2CCC3(CCC(=O)N(CC4CCCO4)C3)CC2)cc1C. The monoisotopic (exact) mass is 384 g/mol. The molecule has 0 N–H and O–H groups in total. The molecule has 0 bridgehead atoms. The molecule has 1 unspecified atom stereocenters. The Morgan fingerprint density at radius 3 is 2.64 bits per heavy atom. The van der Waals surface area contributed by atoms with Crippen LogP contribution >= 0.6 is 0 Å². The maximum Gasteiger partial charge on any atom is 0.253 e. The van der Waals surface area contributed by atoms with Gasteiger partial charge in [0, 0.05) is 44.8 Å². The lowest BCUT2D eigenvalue weighted by Gasteiger charge is -2.47. The number of carbonyl (C=O) groups excluding carboxylic acids is 2. The molecule has 0 aromatic heterocycles. The Bertz CT molecular complexity index is 746.